The maximum Gasteiger partial charge on any atom is 0.270 e. The molecule has 0 aromatic carbocycles. The summed E-state index contributed by atoms with van der Waals surface area (Å²) in [5, 5.41) is 2.67. The van der Waals surface area contributed by atoms with Crippen molar-refractivity contribution in [3.8, 4) is 0 Å². The van der Waals surface area contributed by atoms with Crippen molar-refractivity contribution in [2.75, 3.05) is 0 Å². The third-order valence-corrected chi connectivity index (χ3v) is 3.17. The minimum absolute atomic E-state index is 0.0234. The number of oxazole rings is 1. The molecule has 0 fully saturated rings. The number of imidazole rings is 1. The van der Waals surface area contributed by atoms with Crippen molar-refractivity contribution in [1.82, 2.24) is 19.7 Å². The monoisotopic (exact) mass is 299 g/mol. The van der Waals surface area contributed by atoms with E-state index >= 15 is 0 Å². The molecular weight excluding hydrogens is 286 g/mol. The Hall–Kier alpha value is -3.16. The molecule has 0 atom stereocenters. The predicted molar refractivity (Wildman–Crippen MR) is 76.1 cm³/mol. The zero-order chi connectivity index (χ0) is 15.7. The molecular formula is C14H13N5O3. The summed E-state index contributed by atoms with van der Waals surface area (Å²) < 4.78 is 6.88. The highest BCUT2D eigenvalue weighted by atomic mass is 16.3. The van der Waals surface area contributed by atoms with Crippen molar-refractivity contribution in [3.05, 3.63) is 53.6 Å². The number of hydrogen-bond donors (Lipinski definition) is 2. The molecule has 8 nitrogen and oxygen atoms in total. The normalized spacial score (nSPS) is 10.8. The lowest BCUT2D eigenvalue weighted by Gasteiger charge is -2.05. The van der Waals surface area contributed by atoms with Gasteiger partial charge in [0.15, 0.2) is 5.69 Å². The summed E-state index contributed by atoms with van der Waals surface area (Å²) in [5.74, 6) is -0.789. The van der Waals surface area contributed by atoms with Gasteiger partial charge in [-0.1, -0.05) is 0 Å². The van der Waals surface area contributed by atoms with Crippen LogP contribution < -0.4 is 11.1 Å². The number of primary amides is 1. The first-order chi connectivity index (χ1) is 10.6. The first-order valence-electron chi connectivity index (χ1n) is 6.51. The van der Waals surface area contributed by atoms with Crippen LogP contribution in [0.5, 0.6) is 0 Å². The average Bonchev–Trinajstić information content (AvgIpc) is 3.12. The van der Waals surface area contributed by atoms with Gasteiger partial charge in [0.1, 0.15) is 11.9 Å². The van der Waals surface area contributed by atoms with E-state index in [1.165, 1.54) is 0 Å². The standard InChI is InChI=1S/C14H13N5O3/c1-8-5-16-13-9(3-2-4-19(8)13)14(21)17-6-11-18-10(7-22-11)12(15)20/h2-5,7H,6H2,1H3,(H2,15,20)(H,17,21). The van der Waals surface area contributed by atoms with Crippen LogP contribution >= 0.6 is 0 Å². The largest absolute Gasteiger partial charge is 0.446 e. The fraction of sp³-hybridized carbons (Fsp3) is 0.143. The van der Waals surface area contributed by atoms with Gasteiger partial charge in [-0.3, -0.25) is 9.59 Å². The number of aromatic nitrogens is 3. The van der Waals surface area contributed by atoms with Crippen LogP contribution in [0.2, 0.25) is 0 Å². The summed E-state index contributed by atoms with van der Waals surface area (Å²) in [6, 6.07) is 3.45. The molecule has 22 heavy (non-hydrogen) atoms. The summed E-state index contributed by atoms with van der Waals surface area (Å²) >= 11 is 0. The Kier molecular flexibility index (Phi) is 3.34. The minimum Gasteiger partial charge on any atom is -0.446 e. The molecule has 8 heteroatoms. The molecule has 0 aliphatic heterocycles. The lowest BCUT2D eigenvalue weighted by atomic mass is 10.2. The Labute approximate surface area is 125 Å². The van der Waals surface area contributed by atoms with Gasteiger partial charge in [-0.05, 0) is 19.1 Å². The van der Waals surface area contributed by atoms with Crippen LogP contribution in [-0.2, 0) is 6.54 Å². The first kappa shape index (κ1) is 13.8. The number of rotatable bonds is 4. The molecule has 0 aliphatic carbocycles. The van der Waals surface area contributed by atoms with Crippen LogP contribution in [0.15, 0.2) is 35.2 Å². The Morgan fingerprint density at radius 2 is 2.27 bits per heavy atom. The maximum absolute atomic E-state index is 12.3. The number of fused-ring (bicyclic) bond motifs is 1. The lowest BCUT2D eigenvalue weighted by molar-refractivity contribution is 0.0947. The molecule has 3 heterocycles. The van der Waals surface area contributed by atoms with Crippen LogP contribution in [-0.4, -0.2) is 26.2 Å². The molecule has 0 unspecified atom stereocenters. The number of aryl methyl sites for hydroxylation is 1. The van der Waals surface area contributed by atoms with E-state index in [9.17, 15) is 9.59 Å². The number of nitrogens with one attached hydrogen (secondary N) is 1. The van der Waals surface area contributed by atoms with Crippen LogP contribution in [0, 0.1) is 6.92 Å². The van der Waals surface area contributed by atoms with Crippen molar-refractivity contribution in [3.63, 3.8) is 0 Å². The van der Waals surface area contributed by atoms with Gasteiger partial charge in [-0.15, -0.1) is 0 Å². The van der Waals surface area contributed by atoms with E-state index in [0.717, 1.165) is 12.0 Å². The Morgan fingerprint density at radius 1 is 1.45 bits per heavy atom. The van der Waals surface area contributed by atoms with Crippen LogP contribution in [0.25, 0.3) is 5.65 Å². The quantitative estimate of drug-likeness (QED) is 0.734. The highest BCUT2D eigenvalue weighted by Gasteiger charge is 2.14. The number of nitrogens with zero attached hydrogens (tertiary/aromatic N) is 3. The van der Waals surface area contributed by atoms with Crippen LogP contribution in [0.4, 0.5) is 0 Å². The van der Waals surface area contributed by atoms with E-state index in [-0.39, 0.29) is 24.0 Å². The van der Waals surface area contributed by atoms with E-state index in [1.54, 1.807) is 18.3 Å². The van der Waals surface area contributed by atoms with Gasteiger partial charge in [0.2, 0.25) is 5.89 Å². The Morgan fingerprint density at radius 3 is 3.00 bits per heavy atom. The first-order valence-corrected chi connectivity index (χ1v) is 6.51. The van der Waals surface area contributed by atoms with E-state index in [4.69, 9.17) is 10.2 Å². The van der Waals surface area contributed by atoms with Crippen molar-refractivity contribution >= 4 is 17.5 Å². The van der Waals surface area contributed by atoms with Gasteiger partial charge in [0.05, 0.1) is 12.1 Å². The van der Waals surface area contributed by atoms with Crippen molar-refractivity contribution in [2.45, 2.75) is 13.5 Å². The third kappa shape index (κ3) is 2.41. The molecule has 0 radical (unpaired) electrons. The molecule has 3 aromatic heterocycles. The highest BCUT2D eigenvalue weighted by Crippen LogP contribution is 2.11. The number of carbonyl (C=O) groups is 2. The molecule has 3 rings (SSSR count). The number of hydrogen-bond acceptors (Lipinski definition) is 5. The van der Waals surface area contributed by atoms with Crippen LogP contribution in [0.1, 0.15) is 32.4 Å². The second-order valence-corrected chi connectivity index (χ2v) is 4.69. The molecule has 2 amide bonds. The molecule has 0 bridgehead atoms. The molecule has 0 saturated carbocycles. The Balaban J connectivity index is 1.77. The van der Waals surface area contributed by atoms with Gasteiger partial charge in [0.25, 0.3) is 11.8 Å². The predicted octanol–water partition coefficient (Wildman–Crippen LogP) is 0.660. The summed E-state index contributed by atoms with van der Waals surface area (Å²) in [4.78, 5) is 31.3. The summed E-state index contributed by atoms with van der Waals surface area (Å²) in [6.45, 7) is 1.95. The highest BCUT2D eigenvalue weighted by molar-refractivity contribution is 5.99. The molecule has 0 aliphatic rings. The number of amides is 2. The number of pyridine rings is 1. The fourth-order valence-corrected chi connectivity index (χ4v) is 2.07. The van der Waals surface area contributed by atoms with Gasteiger partial charge in [-0.25, -0.2) is 9.97 Å². The van der Waals surface area contributed by atoms with Gasteiger partial charge >= 0.3 is 0 Å². The second-order valence-electron chi connectivity index (χ2n) is 4.69. The van der Waals surface area contributed by atoms with Crippen molar-refractivity contribution in [2.24, 2.45) is 5.73 Å². The average molecular weight is 299 g/mol. The van der Waals surface area contributed by atoms with Gasteiger partial charge in [0, 0.05) is 18.1 Å². The third-order valence-electron chi connectivity index (χ3n) is 3.17. The smallest absolute Gasteiger partial charge is 0.270 e. The lowest BCUT2D eigenvalue weighted by Crippen LogP contribution is -2.24. The topological polar surface area (TPSA) is 116 Å². The zero-order valence-corrected chi connectivity index (χ0v) is 11.7. The molecule has 3 N–H and O–H groups in total. The Bertz CT molecular complexity index is 864. The minimum atomic E-state index is -0.682. The van der Waals surface area contributed by atoms with Gasteiger partial charge in [-0.2, -0.15) is 0 Å². The molecule has 0 spiro atoms. The number of nitrogens with two attached hydrogens (primary N) is 1. The van der Waals surface area contributed by atoms with E-state index < -0.39 is 5.91 Å². The van der Waals surface area contributed by atoms with E-state index in [2.05, 4.69) is 15.3 Å². The molecule has 0 saturated heterocycles. The zero-order valence-electron chi connectivity index (χ0n) is 11.7. The SMILES string of the molecule is Cc1cnc2c(C(=O)NCc3nc(C(N)=O)co3)cccn12. The van der Waals surface area contributed by atoms with Gasteiger partial charge < -0.3 is 19.9 Å². The summed E-state index contributed by atoms with van der Waals surface area (Å²) in [7, 11) is 0. The molecule has 112 valence electrons. The van der Waals surface area contributed by atoms with Crippen LogP contribution in [0.3, 0.4) is 0 Å². The molecule has 3 aromatic rings. The van der Waals surface area contributed by atoms with Crippen molar-refractivity contribution in [1.29, 1.82) is 0 Å². The van der Waals surface area contributed by atoms with E-state index in [0.29, 0.717) is 11.2 Å². The number of carbonyl (C=O) groups excluding carboxylic acids is 2. The summed E-state index contributed by atoms with van der Waals surface area (Å²) in [5.41, 5.74) is 7.05. The van der Waals surface area contributed by atoms with E-state index in [1.807, 2.05) is 17.5 Å². The summed E-state index contributed by atoms with van der Waals surface area (Å²) in [6.07, 6.45) is 4.68. The second kappa shape index (κ2) is 5.32. The fourth-order valence-electron chi connectivity index (χ4n) is 2.07. The van der Waals surface area contributed by atoms with Crippen molar-refractivity contribution < 1.29 is 14.0 Å². The maximum atomic E-state index is 12.3.